The Morgan fingerprint density at radius 2 is 1.80 bits per heavy atom. The molecule has 2 aromatic carbocycles. The fourth-order valence-corrected chi connectivity index (χ4v) is 3.54. The highest BCUT2D eigenvalue weighted by atomic mass is 16.5. The zero-order chi connectivity index (χ0) is 21.7. The van der Waals surface area contributed by atoms with Crippen molar-refractivity contribution in [2.45, 2.75) is 52.7 Å². The number of amides is 1. The summed E-state index contributed by atoms with van der Waals surface area (Å²) in [4.78, 5) is 24.9. The molecule has 0 aromatic heterocycles. The largest absolute Gasteiger partial charge is 0.491 e. The predicted molar refractivity (Wildman–Crippen MR) is 115 cm³/mol. The van der Waals surface area contributed by atoms with Gasteiger partial charge in [0, 0.05) is 12.3 Å². The van der Waals surface area contributed by atoms with Crippen LogP contribution in [0.5, 0.6) is 5.75 Å². The Kier molecular flexibility index (Phi) is 7.11. The molecule has 0 aliphatic carbocycles. The maximum atomic E-state index is 12.5. The molecule has 3 rings (SSSR count). The molecule has 160 valence electrons. The number of ether oxygens (including phenoxy) is 3. The summed E-state index contributed by atoms with van der Waals surface area (Å²) in [6, 6.07) is 10.7. The summed E-state index contributed by atoms with van der Waals surface area (Å²) in [5, 5.41) is 2.87. The average molecular weight is 411 g/mol. The third-order valence-corrected chi connectivity index (χ3v) is 5.13. The summed E-state index contributed by atoms with van der Waals surface area (Å²) in [5.74, 6) is -0.256. The Morgan fingerprint density at radius 3 is 2.40 bits per heavy atom. The van der Waals surface area contributed by atoms with E-state index in [4.69, 9.17) is 14.2 Å². The fraction of sp³-hybridized carbons (Fsp3) is 0.417. The van der Waals surface area contributed by atoms with Crippen molar-refractivity contribution in [2.24, 2.45) is 0 Å². The number of esters is 1. The minimum Gasteiger partial charge on any atom is -0.491 e. The third-order valence-electron chi connectivity index (χ3n) is 5.13. The number of hydrogen-bond acceptors (Lipinski definition) is 5. The zero-order valence-electron chi connectivity index (χ0n) is 18.0. The molecule has 2 unspecified atom stereocenters. The molecular formula is C24H29NO5. The van der Waals surface area contributed by atoms with Crippen LogP contribution >= 0.6 is 0 Å². The number of benzene rings is 2. The van der Waals surface area contributed by atoms with Crippen molar-refractivity contribution in [1.29, 1.82) is 0 Å². The summed E-state index contributed by atoms with van der Waals surface area (Å²) in [6.45, 7) is 8.73. The van der Waals surface area contributed by atoms with E-state index < -0.39 is 12.1 Å². The van der Waals surface area contributed by atoms with Crippen molar-refractivity contribution in [3.8, 4) is 5.75 Å². The van der Waals surface area contributed by atoms with E-state index in [9.17, 15) is 9.59 Å². The van der Waals surface area contributed by atoms with E-state index >= 15 is 0 Å². The average Bonchev–Trinajstić information content (AvgIpc) is 3.23. The Balaban J connectivity index is 1.53. The van der Waals surface area contributed by atoms with Crippen LogP contribution in [0.3, 0.4) is 0 Å². The van der Waals surface area contributed by atoms with Crippen molar-refractivity contribution >= 4 is 17.6 Å². The van der Waals surface area contributed by atoms with Crippen LogP contribution in [0.25, 0.3) is 0 Å². The fourth-order valence-electron chi connectivity index (χ4n) is 3.54. The number of rotatable bonds is 7. The molecule has 1 fully saturated rings. The van der Waals surface area contributed by atoms with Gasteiger partial charge in [-0.3, -0.25) is 4.79 Å². The van der Waals surface area contributed by atoms with E-state index in [-0.39, 0.29) is 12.0 Å². The molecule has 1 heterocycles. The quantitative estimate of drug-likeness (QED) is 0.686. The van der Waals surface area contributed by atoms with Gasteiger partial charge in [0.25, 0.3) is 5.91 Å². The Morgan fingerprint density at radius 1 is 1.13 bits per heavy atom. The summed E-state index contributed by atoms with van der Waals surface area (Å²) < 4.78 is 16.6. The van der Waals surface area contributed by atoms with Gasteiger partial charge in [0.05, 0.1) is 11.7 Å². The molecule has 6 heteroatoms. The molecular weight excluding hydrogens is 382 g/mol. The van der Waals surface area contributed by atoms with Gasteiger partial charge in [-0.15, -0.1) is 0 Å². The van der Waals surface area contributed by atoms with E-state index in [1.165, 1.54) is 0 Å². The van der Waals surface area contributed by atoms with Crippen LogP contribution in [0.1, 0.15) is 46.8 Å². The lowest BCUT2D eigenvalue weighted by molar-refractivity contribution is -0.123. The second kappa shape index (κ2) is 9.76. The highest BCUT2D eigenvalue weighted by molar-refractivity contribution is 5.98. The van der Waals surface area contributed by atoms with Crippen molar-refractivity contribution in [3.05, 3.63) is 58.7 Å². The number of hydrogen-bond donors (Lipinski definition) is 1. The number of nitrogens with one attached hydrogen (secondary N) is 1. The first-order chi connectivity index (χ1) is 14.3. The molecule has 1 aliphatic rings. The Labute approximate surface area is 177 Å². The topological polar surface area (TPSA) is 73.9 Å². The molecule has 2 atom stereocenters. The smallest absolute Gasteiger partial charge is 0.338 e. The second-order valence-corrected chi connectivity index (χ2v) is 7.78. The van der Waals surface area contributed by atoms with Gasteiger partial charge >= 0.3 is 5.97 Å². The summed E-state index contributed by atoms with van der Waals surface area (Å²) >= 11 is 0. The van der Waals surface area contributed by atoms with Gasteiger partial charge in [-0.25, -0.2) is 4.79 Å². The summed E-state index contributed by atoms with van der Waals surface area (Å²) in [6.07, 6.45) is 1.28. The minimum atomic E-state index is -0.923. The zero-order valence-corrected chi connectivity index (χ0v) is 18.0. The molecule has 0 saturated carbocycles. The molecule has 0 spiro atoms. The van der Waals surface area contributed by atoms with Crippen LogP contribution in [-0.2, 0) is 14.3 Å². The van der Waals surface area contributed by atoms with E-state index in [1.807, 2.05) is 32.9 Å². The van der Waals surface area contributed by atoms with Crippen molar-refractivity contribution in [3.63, 3.8) is 0 Å². The molecule has 1 amide bonds. The first kappa shape index (κ1) is 21.8. The van der Waals surface area contributed by atoms with E-state index in [0.29, 0.717) is 17.9 Å². The van der Waals surface area contributed by atoms with Gasteiger partial charge in [-0.2, -0.15) is 0 Å². The Bertz CT molecular complexity index is 877. The van der Waals surface area contributed by atoms with E-state index in [1.54, 1.807) is 31.2 Å². The lowest BCUT2D eigenvalue weighted by atomic mass is 10.0. The summed E-state index contributed by atoms with van der Waals surface area (Å²) in [7, 11) is 0. The maximum Gasteiger partial charge on any atom is 0.338 e. The Hall–Kier alpha value is -2.86. The third kappa shape index (κ3) is 5.60. The summed E-state index contributed by atoms with van der Waals surface area (Å²) in [5.41, 5.74) is 4.18. The monoisotopic (exact) mass is 411 g/mol. The second-order valence-electron chi connectivity index (χ2n) is 7.78. The standard InChI is InChI=1S/C24H29NO5/c1-15-12-16(2)22(17(3)13-15)25-23(26)18(4)30-24(27)19-7-9-20(10-8-19)29-14-21-6-5-11-28-21/h7-10,12-13,18,21H,5-6,11,14H2,1-4H3,(H,25,26). The van der Waals surface area contributed by atoms with Crippen LogP contribution < -0.4 is 10.1 Å². The van der Waals surface area contributed by atoms with Gasteiger partial charge in [-0.1, -0.05) is 17.7 Å². The van der Waals surface area contributed by atoms with Gasteiger partial charge in [0.2, 0.25) is 0 Å². The molecule has 6 nitrogen and oxygen atoms in total. The number of anilines is 1. The van der Waals surface area contributed by atoms with Crippen molar-refractivity contribution in [1.82, 2.24) is 0 Å². The van der Waals surface area contributed by atoms with Gasteiger partial charge in [-0.05, 0) is 75.9 Å². The molecule has 0 bridgehead atoms. The van der Waals surface area contributed by atoms with Crippen LogP contribution in [0.2, 0.25) is 0 Å². The number of carbonyl (C=O) groups excluding carboxylic acids is 2. The van der Waals surface area contributed by atoms with Crippen LogP contribution in [0, 0.1) is 20.8 Å². The molecule has 0 radical (unpaired) electrons. The molecule has 1 aliphatic heterocycles. The van der Waals surface area contributed by atoms with Crippen LogP contribution in [-0.4, -0.2) is 37.3 Å². The SMILES string of the molecule is Cc1cc(C)c(NC(=O)C(C)OC(=O)c2ccc(OCC3CCCO3)cc2)c(C)c1. The maximum absolute atomic E-state index is 12.5. The van der Waals surface area contributed by atoms with E-state index in [0.717, 1.165) is 41.8 Å². The van der Waals surface area contributed by atoms with Gasteiger partial charge in [0.15, 0.2) is 6.10 Å². The number of aryl methyl sites for hydroxylation is 3. The van der Waals surface area contributed by atoms with Crippen LogP contribution in [0.15, 0.2) is 36.4 Å². The lowest BCUT2D eigenvalue weighted by Crippen LogP contribution is -2.30. The van der Waals surface area contributed by atoms with Crippen molar-refractivity contribution in [2.75, 3.05) is 18.5 Å². The van der Waals surface area contributed by atoms with E-state index in [2.05, 4.69) is 5.32 Å². The first-order valence-corrected chi connectivity index (χ1v) is 10.3. The number of carbonyl (C=O) groups is 2. The molecule has 30 heavy (non-hydrogen) atoms. The normalized spacial score (nSPS) is 16.7. The first-order valence-electron chi connectivity index (χ1n) is 10.3. The van der Waals surface area contributed by atoms with Gasteiger partial charge in [0.1, 0.15) is 12.4 Å². The molecule has 1 saturated heterocycles. The lowest BCUT2D eigenvalue weighted by Gasteiger charge is -2.17. The van der Waals surface area contributed by atoms with Crippen molar-refractivity contribution < 1.29 is 23.8 Å². The van der Waals surface area contributed by atoms with Crippen LogP contribution in [0.4, 0.5) is 5.69 Å². The predicted octanol–water partition coefficient (Wildman–Crippen LogP) is 4.35. The molecule has 1 N–H and O–H groups in total. The minimum absolute atomic E-state index is 0.134. The highest BCUT2D eigenvalue weighted by Crippen LogP contribution is 2.22. The highest BCUT2D eigenvalue weighted by Gasteiger charge is 2.21. The van der Waals surface area contributed by atoms with Gasteiger partial charge < -0.3 is 19.5 Å². The molecule has 2 aromatic rings.